The topological polar surface area (TPSA) is 38.1 Å². The Hall–Kier alpha value is -1.53. The Bertz CT molecular complexity index is 543. The Balaban J connectivity index is 2.19. The number of likely N-dealkylation sites (tertiary alicyclic amines) is 1. The van der Waals surface area contributed by atoms with Crippen LogP contribution in [0.1, 0.15) is 44.6 Å². The zero-order chi connectivity index (χ0) is 16.7. The van der Waals surface area contributed by atoms with Crippen LogP contribution in [-0.4, -0.2) is 33.7 Å². The van der Waals surface area contributed by atoms with Crippen molar-refractivity contribution in [2.24, 2.45) is 11.8 Å². The highest BCUT2D eigenvalue weighted by molar-refractivity contribution is 5.80. The molecule has 3 atom stereocenters. The second-order valence-corrected chi connectivity index (χ2v) is 6.48. The SMILES string of the molecule is Cc1cc(C(F)(F)F)nn1[C@@H](C)C(=O)N1C[C@H](C)C[C@H](C)C1. The van der Waals surface area contributed by atoms with Gasteiger partial charge in [0.2, 0.25) is 5.91 Å². The molecule has 1 saturated heterocycles. The number of aryl methyl sites for hydroxylation is 1. The van der Waals surface area contributed by atoms with Crippen LogP contribution < -0.4 is 0 Å². The Kier molecular flexibility index (Phi) is 4.54. The fourth-order valence-electron chi connectivity index (χ4n) is 3.23. The highest BCUT2D eigenvalue weighted by atomic mass is 19.4. The first kappa shape index (κ1) is 16.8. The van der Waals surface area contributed by atoms with E-state index < -0.39 is 17.9 Å². The molecule has 124 valence electrons. The van der Waals surface area contributed by atoms with E-state index in [4.69, 9.17) is 0 Å². The van der Waals surface area contributed by atoms with Gasteiger partial charge in [0.25, 0.3) is 0 Å². The van der Waals surface area contributed by atoms with E-state index in [1.807, 2.05) is 0 Å². The molecule has 2 heterocycles. The van der Waals surface area contributed by atoms with Crippen molar-refractivity contribution in [3.05, 3.63) is 17.5 Å². The Morgan fingerprint density at radius 2 is 1.86 bits per heavy atom. The molecule has 0 aliphatic carbocycles. The summed E-state index contributed by atoms with van der Waals surface area (Å²) in [6, 6.07) is 0.249. The van der Waals surface area contributed by atoms with E-state index in [2.05, 4.69) is 18.9 Å². The van der Waals surface area contributed by atoms with Gasteiger partial charge >= 0.3 is 6.18 Å². The monoisotopic (exact) mass is 317 g/mol. The fourth-order valence-corrected chi connectivity index (χ4v) is 3.23. The molecule has 1 fully saturated rings. The molecular weight excluding hydrogens is 295 g/mol. The van der Waals surface area contributed by atoms with E-state index in [1.54, 1.807) is 11.8 Å². The van der Waals surface area contributed by atoms with E-state index in [0.29, 0.717) is 30.6 Å². The van der Waals surface area contributed by atoms with E-state index in [0.717, 1.165) is 12.5 Å². The van der Waals surface area contributed by atoms with Gasteiger partial charge in [-0.25, -0.2) is 0 Å². The molecule has 1 aromatic rings. The lowest BCUT2D eigenvalue weighted by Crippen LogP contribution is -2.45. The van der Waals surface area contributed by atoms with Crippen molar-refractivity contribution in [3.63, 3.8) is 0 Å². The predicted molar refractivity (Wildman–Crippen MR) is 76.2 cm³/mol. The quantitative estimate of drug-likeness (QED) is 0.839. The molecule has 2 rings (SSSR count). The van der Waals surface area contributed by atoms with Crippen LogP contribution in [-0.2, 0) is 11.0 Å². The van der Waals surface area contributed by atoms with Crippen LogP contribution in [0, 0.1) is 18.8 Å². The highest BCUT2D eigenvalue weighted by Gasteiger charge is 2.36. The van der Waals surface area contributed by atoms with Crippen LogP contribution in [0.5, 0.6) is 0 Å². The molecule has 0 bridgehead atoms. The van der Waals surface area contributed by atoms with E-state index in [-0.39, 0.29) is 5.91 Å². The normalized spacial score (nSPS) is 24.4. The summed E-state index contributed by atoms with van der Waals surface area (Å²) in [6.45, 7) is 8.61. The van der Waals surface area contributed by atoms with Crippen LogP contribution >= 0.6 is 0 Å². The van der Waals surface area contributed by atoms with Crippen molar-refractivity contribution in [1.29, 1.82) is 0 Å². The third kappa shape index (κ3) is 3.44. The molecule has 0 unspecified atom stereocenters. The second-order valence-electron chi connectivity index (χ2n) is 6.48. The lowest BCUT2D eigenvalue weighted by molar-refractivity contribution is -0.143. The third-order valence-corrected chi connectivity index (χ3v) is 4.12. The zero-order valence-corrected chi connectivity index (χ0v) is 13.3. The summed E-state index contributed by atoms with van der Waals surface area (Å²) in [5.41, 5.74) is -0.615. The van der Waals surface area contributed by atoms with Crippen molar-refractivity contribution in [3.8, 4) is 0 Å². The summed E-state index contributed by atoms with van der Waals surface area (Å²) in [5, 5.41) is 3.58. The first-order valence-corrected chi connectivity index (χ1v) is 7.51. The van der Waals surface area contributed by atoms with Gasteiger partial charge in [-0.2, -0.15) is 18.3 Å². The molecule has 1 aliphatic heterocycles. The molecular formula is C15H22F3N3O. The number of carbonyl (C=O) groups excluding carboxylic acids is 1. The number of halogens is 3. The minimum absolute atomic E-state index is 0.168. The third-order valence-electron chi connectivity index (χ3n) is 4.12. The van der Waals surface area contributed by atoms with E-state index >= 15 is 0 Å². The largest absolute Gasteiger partial charge is 0.435 e. The first-order valence-electron chi connectivity index (χ1n) is 7.51. The number of alkyl halides is 3. The molecule has 22 heavy (non-hydrogen) atoms. The van der Waals surface area contributed by atoms with Gasteiger partial charge < -0.3 is 4.90 Å². The highest BCUT2D eigenvalue weighted by Crippen LogP contribution is 2.30. The molecule has 1 aliphatic rings. The van der Waals surface area contributed by atoms with Gasteiger partial charge in [0.05, 0.1) is 0 Å². The molecule has 1 aromatic heterocycles. The van der Waals surface area contributed by atoms with Crippen molar-refractivity contribution in [2.75, 3.05) is 13.1 Å². The second kappa shape index (κ2) is 5.93. The van der Waals surface area contributed by atoms with Crippen LogP contribution in [0.15, 0.2) is 6.07 Å². The minimum Gasteiger partial charge on any atom is -0.340 e. The number of piperidine rings is 1. The van der Waals surface area contributed by atoms with Gasteiger partial charge in [-0.1, -0.05) is 13.8 Å². The maximum Gasteiger partial charge on any atom is 0.435 e. The number of rotatable bonds is 2. The number of amides is 1. The molecule has 0 N–H and O–H groups in total. The summed E-state index contributed by atoms with van der Waals surface area (Å²) >= 11 is 0. The van der Waals surface area contributed by atoms with Crippen molar-refractivity contribution in [2.45, 2.75) is 46.3 Å². The number of aromatic nitrogens is 2. The maximum atomic E-state index is 12.7. The van der Waals surface area contributed by atoms with Crippen molar-refractivity contribution >= 4 is 5.91 Å². The molecule has 0 saturated carbocycles. The number of nitrogens with zero attached hydrogens (tertiary/aromatic N) is 3. The van der Waals surface area contributed by atoms with Gasteiger partial charge in [0.1, 0.15) is 6.04 Å². The Morgan fingerprint density at radius 1 is 1.32 bits per heavy atom. The first-order chi connectivity index (χ1) is 10.1. The summed E-state index contributed by atoms with van der Waals surface area (Å²) in [7, 11) is 0. The number of carbonyl (C=O) groups is 1. The van der Waals surface area contributed by atoms with E-state index in [9.17, 15) is 18.0 Å². The summed E-state index contributed by atoms with van der Waals surface area (Å²) < 4.78 is 39.4. The maximum absolute atomic E-state index is 12.7. The summed E-state index contributed by atoms with van der Waals surface area (Å²) in [4.78, 5) is 14.3. The lowest BCUT2D eigenvalue weighted by Gasteiger charge is -2.36. The smallest absolute Gasteiger partial charge is 0.340 e. The molecule has 7 heteroatoms. The Labute approximate surface area is 128 Å². The van der Waals surface area contributed by atoms with Crippen LogP contribution in [0.25, 0.3) is 0 Å². The lowest BCUT2D eigenvalue weighted by atomic mass is 9.91. The molecule has 0 aromatic carbocycles. The van der Waals surface area contributed by atoms with Crippen molar-refractivity contribution < 1.29 is 18.0 Å². The van der Waals surface area contributed by atoms with E-state index in [1.165, 1.54) is 11.6 Å². The number of hydrogen-bond donors (Lipinski definition) is 0. The molecule has 0 radical (unpaired) electrons. The van der Waals surface area contributed by atoms with Crippen LogP contribution in [0.4, 0.5) is 13.2 Å². The predicted octanol–water partition coefficient (Wildman–Crippen LogP) is 3.28. The summed E-state index contributed by atoms with van der Waals surface area (Å²) in [5.74, 6) is 0.645. The molecule has 1 amide bonds. The average molecular weight is 317 g/mol. The van der Waals surface area contributed by atoms with Gasteiger partial charge in [0.15, 0.2) is 5.69 Å². The zero-order valence-electron chi connectivity index (χ0n) is 13.3. The standard InChI is InChI=1S/C15H22F3N3O/c1-9-5-10(2)8-20(7-9)14(22)12(4)21-11(3)6-13(19-21)15(16,17)18/h6,9-10,12H,5,7-8H2,1-4H3/t9-,10+,12-/m0/s1. The summed E-state index contributed by atoms with van der Waals surface area (Å²) in [6.07, 6.45) is -3.43. The minimum atomic E-state index is -4.49. The van der Waals surface area contributed by atoms with Crippen molar-refractivity contribution in [1.82, 2.24) is 14.7 Å². The van der Waals surface area contributed by atoms with Gasteiger partial charge in [-0.15, -0.1) is 0 Å². The molecule has 4 nitrogen and oxygen atoms in total. The van der Waals surface area contributed by atoms with Crippen LogP contribution in [0.2, 0.25) is 0 Å². The van der Waals surface area contributed by atoms with Gasteiger partial charge in [-0.3, -0.25) is 9.48 Å². The van der Waals surface area contributed by atoms with Gasteiger partial charge in [-0.05, 0) is 38.2 Å². The average Bonchev–Trinajstić information content (AvgIpc) is 2.78. The van der Waals surface area contributed by atoms with Gasteiger partial charge in [0, 0.05) is 18.8 Å². The molecule has 0 spiro atoms. The fraction of sp³-hybridized carbons (Fsp3) is 0.733. The Morgan fingerprint density at radius 3 is 2.32 bits per heavy atom. The number of hydrogen-bond acceptors (Lipinski definition) is 2. The van der Waals surface area contributed by atoms with Crippen LogP contribution in [0.3, 0.4) is 0 Å².